The summed E-state index contributed by atoms with van der Waals surface area (Å²) < 4.78 is 18.2. The molecule has 0 fully saturated rings. The third kappa shape index (κ3) is 5.49. The van der Waals surface area contributed by atoms with Crippen molar-refractivity contribution in [2.45, 2.75) is 10.6 Å². The van der Waals surface area contributed by atoms with Crippen molar-refractivity contribution in [1.82, 2.24) is 9.97 Å². The normalized spacial score (nSPS) is 10.7. The number of nitrogens with zero attached hydrogens (tertiary/aromatic N) is 1. The number of ether oxygens (including phenoxy) is 1. The quantitative estimate of drug-likeness (QED) is 0.421. The molecule has 2 N–H and O–H groups in total. The molecule has 0 bridgehead atoms. The molecule has 1 amide bonds. The van der Waals surface area contributed by atoms with E-state index in [0.29, 0.717) is 28.4 Å². The number of para-hydroxylation sites is 2. The number of thioether (sulfide) groups is 1. The molecule has 31 heavy (non-hydrogen) atoms. The summed E-state index contributed by atoms with van der Waals surface area (Å²) in [4.78, 5) is 32.5. The van der Waals surface area contributed by atoms with Crippen LogP contribution in [0.25, 0.3) is 11.0 Å². The van der Waals surface area contributed by atoms with Crippen molar-refractivity contribution in [3.05, 3.63) is 94.7 Å². The van der Waals surface area contributed by atoms with Crippen molar-refractivity contribution in [3.63, 3.8) is 0 Å². The fourth-order valence-electron chi connectivity index (χ4n) is 2.83. The number of hydrogen-bond acceptors (Lipinski definition) is 5. The number of anilines is 1. The average molecular weight is 435 g/mol. The molecule has 0 saturated carbocycles. The minimum absolute atomic E-state index is 0.182. The van der Waals surface area contributed by atoms with Gasteiger partial charge in [-0.3, -0.25) is 9.59 Å². The lowest BCUT2D eigenvalue weighted by atomic mass is 10.3. The fourth-order valence-corrected chi connectivity index (χ4v) is 3.66. The van der Waals surface area contributed by atoms with E-state index >= 15 is 0 Å². The summed E-state index contributed by atoms with van der Waals surface area (Å²) in [5, 5.41) is 2.74. The van der Waals surface area contributed by atoms with Crippen molar-refractivity contribution in [1.29, 1.82) is 0 Å². The van der Waals surface area contributed by atoms with Gasteiger partial charge in [-0.05, 0) is 60.7 Å². The first-order chi connectivity index (χ1) is 15.1. The zero-order chi connectivity index (χ0) is 21.6. The molecule has 0 radical (unpaired) electrons. The number of benzene rings is 3. The lowest BCUT2D eigenvalue weighted by molar-refractivity contribution is -0.118. The molecule has 0 unspecified atom stereocenters. The van der Waals surface area contributed by atoms with Crippen LogP contribution in [0.2, 0.25) is 0 Å². The molecule has 0 saturated heterocycles. The summed E-state index contributed by atoms with van der Waals surface area (Å²) in [6.45, 7) is -0.182. The number of halogens is 1. The van der Waals surface area contributed by atoms with Crippen molar-refractivity contribution < 1.29 is 13.9 Å². The SMILES string of the molecule is O=C(COc1ccc(F)cc1)Nc1ccc(SCc2nc3ccccc3[nH]c2=O)cc1. The molecular weight excluding hydrogens is 417 g/mol. The summed E-state index contributed by atoms with van der Waals surface area (Å²) in [6.07, 6.45) is 0. The second kappa shape index (κ2) is 9.44. The summed E-state index contributed by atoms with van der Waals surface area (Å²) >= 11 is 1.48. The van der Waals surface area contributed by atoms with Gasteiger partial charge in [0.25, 0.3) is 11.5 Å². The number of carbonyl (C=O) groups is 1. The number of carbonyl (C=O) groups excluding carboxylic acids is 1. The Balaban J connectivity index is 1.31. The standard InChI is InChI=1S/C23H18FN3O3S/c24-15-5-9-17(10-6-15)30-13-22(28)25-16-7-11-18(12-8-16)31-14-21-23(29)27-20-4-2-1-3-19(20)26-21/h1-12H,13-14H2,(H,25,28)(H,27,29). The number of amides is 1. The van der Waals surface area contributed by atoms with Gasteiger partial charge in [-0.25, -0.2) is 9.37 Å². The lowest BCUT2D eigenvalue weighted by Crippen LogP contribution is -2.20. The van der Waals surface area contributed by atoms with E-state index in [-0.39, 0.29) is 23.9 Å². The zero-order valence-electron chi connectivity index (χ0n) is 16.3. The summed E-state index contributed by atoms with van der Waals surface area (Å²) in [6, 6.07) is 20.1. The number of aromatic amines is 1. The summed E-state index contributed by atoms with van der Waals surface area (Å²) in [7, 11) is 0. The number of H-pyrrole nitrogens is 1. The highest BCUT2D eigenvalue weighted by molar-refractivity contribution is 7.98. The van der Waals surface area contributed by atoms with Gasteiger partial charge in [0, 0.05) is 16.3 Å². The highest BCUT2D eigenvalue weighted by Gasteiger charge is 2.07. The van der Waals surface area contributed by atoms with E-state index in [4.69, 9.17) is 4.74 Å². The van der Waals surface area contributed by atoms with E-state index in [1.807, 2.05) is 36.4 Å². The second-order valence-electron chi connectivity index (χ2n) is 6.63. The molecule has 156 valence electrons. The molecule has 0 aliphatic carbocycles. The predicted molar refractivity (Wildman–Crippen MR) is 119 cm³/mol. The maximum absolute atomic E-state index is 12.9. The number of nitrogens with one attached hydrogen (secondary N) is 2. The van der Waals surface area contributed by atoms with Crippen LogP contribution in [0.5, 0.6) is 5.75 Å². The van der Waals surface area contributed by atoms with E-state index < -0.39 is 0 Å². The number of rotatable bonds is 7. The Morgan fingerprint density at radius 2 is 1.77 bits per heavy atom. The van der Waals surface area contributed by atoms with Crippen molar-refractivity contribution in [3.8, 4) is 5.75 Å². The van der Waals surface area contributed by atoms with Gasteiger partial charge >= 0.3 is 0 Å². The van der Waals surface area contributed by atoms with Crippen molar-refractivity contribution >= 4 is 34.4 Å². The first kappa shape index (κ1) is 20.6. The van der Waals surface area contributed by atoms with E-state index in [1.165, 1.54) is 36.0 Å². The van der Waals surface area contributed by atoms with Crippen LogP contribution < -0.4 is 15.6 Å². The van der Waals surface area contributed by atoms with Gasteiger partial charge in [-0.15, -0.1) is 11.8 Å². The highest BCUT2D eigenvalue weighted by atomic mass is 32.2. The number of fused-ring (bicyclic) bond motifs is 1. The van der Waals surface area contributed by atoms with Crippen LogP contribution in [0.15, 0.2) is 82.5 Å². The Bertz CT molecular complexity index is 1260. The van der Waals surface area contributed by atoms with E-state index in [2.05, 4.69) is 15.3 Å². The molecule has 8 heteroatoms. The van der Waals surface area contributed by atoms with Crippen LogP contribution in [0.1, 0.15) is 5.69 Å². The highest BCUT2D eigenvalue weighted by Crippen LogP contribution is 2.23. The monoisotopic (exact) mass is 435 g/mol. The topological polar surface area (TPSA) is 84.1 Å². The van der Waals surface area contributed by atoms with Crippen LogP contribution in [0.4, 0.5) is 10.1 Å². The maximum atomic E-state index is 12.9. The van der Waals surface area contributed by atoms with Gasteiger partial charge < -0.3 is 15.0 Å². The van der Waals surface area contributed by atoms with Gasteiger partial charge in [-0.1, -0.05) is 12.1 Å². The van der Waals surface area contributed by atoms with E-state index in [0.717, 1.165) is 10.4 Å². The molecule has 3 aromatic carbocycles. The number of aromatic nitrogens is 2. The van der Waals surface area contributed by atoms with Gasteiger partial charge in [0.2, 0.25) is 0 Å². The minimum Gasteiger partial charge on any atom is -0.484 e. The van der Waals surface area contributed by atoms with Crippen molar-refractivity contribution in [2.24, 2.45) is 0 Å². The first-order valence-corrected chi connectivity index (χ1v) is 10.4. The summed E-state index contributed by atoms with van der Waals surface area (Å²) in [5.74, 6) is 0.158. The molecule has 0 aliphatic heterocycles. The van der Waals surface area contributed by atoms with Crippen LogP contribution in [0.3, 0.4) is 0 Å². The van der Waals surface area contributed by atoms with Gasteiger partial charge in [0.05, 0.1) is 11.0 Å². The Hall–Kier alpha value is -3.65. The van der Waals surface area contributed by atoms with Crippen LogP contribution >= 0.6 is 11.8 Å². The predicted octanol–water partition coefficient (Wildman–Crippen LogP) is 4.37. The maximum Gasteiger partial charge on any atom is 0.271 e. The minimum atomic E-state index is -0.365. The molecule has 0 atom stereocenters. The Kier molecular flexibility index (Phi) is 6.28. The van der Waals surface area contributed by atoms with E-state index in [9.17, 15) is 14.0 Å². The Morgan fingerprint density at radius 3 is 2.55 bits per heavy atom. The Morgan fingerprint density at radius 1 is 1.03 bits per heavy atom. The number of hydrogen-bond donors (Lipinski definition) is 2. The smallest absolute Gasteiger partial charge is 0.271 e. The third-order valence-corrected chi connectivity index (χ3v) is 5.39. The molecule has 6 nitrogen and oxygen atoms in total. The molecule has 0 aliphatic rings. The van der Waals surface area contributed by atoms with Gasteiger partial charge in [0.1, 0.15) is 17.3 Å². The average Bonchev–Trinajstić information content (AvgIpc) is 2.78. The molecule has 1 aromatic heterocycles. The summed E-state index contributed by atoms with van der Waals surface area (Å²) in [5.41, 5.74) is 2.34. The fraction of sp³-hybridized carbons (Fsp3) is 0.0870. The third-order valence-electron chi connectivity index (χ3n) is 4.37. The molecular formula is C23H18FN3O3S. The lowest BCUT2D eigenvalue weighted by Gasteiger charge is -2.08. The molecule has 4 rings (SSSR count). The van der Waals surface area contributed by atoms with Crippen molar-refractivity contribution in [2.75, 3.05) is 11.9 Å². The zero-order valence-corrected chi connectivity index (χ0v) is 17.1. The first-order valence-electron chi connectivity index (χ1n) is 9.46. The van der Waals surface area contributed by atoms with Crippen LogP contribution in [0, 0.1) is 5.82 Å². The molecule has 4 aromatic rings. The van der Waals surface area contributed by atoms with Crippen LogP contribution in [-0.2, 0) is 10.5 Å². The Labute approximate surface area is 181 Å². The van der Waals surface area contributed by atoms with Gasteiger partial charge in [-0.2, -0.15) is 0 Å². The largest absolute Gasteiger partial charge is 0.484 e. The molecule has 0 spiro atoms. The van der Waals surface area contributed by atoms with E-state index in [1.54, 1.807) is 12.1 Å². The second-order valence-corrected chi connectivity index (χ2v) is 7.68. The molecule has 1 heterocycles. The van der Waals surface area contributed by atoms with Crippen LogP contribution in [-0.4, -0.2) is 22.5 Å². The van der Waals surface area contributed by atoms with Gasteiger partial charge in [0.15, 0.2) is 6.61 Å².